The Labute approximate surface area is 191 Å². The standard InChI is InChI=1S/C24H28N4O3S/c1-30-23-20-22(25-21(26-23)17-11-14-31-15-12-17)27-24(32-20)28-13-5-8-18(28)19(29)10-9-16-6-3-2-4-7-16/h2-4,6-7,17-18H,5,8-15H2,1H3/t18-/m1/s1. The molecule has 2 aliphatic rings. The van der Waals surface area contributed by atoms with Gasteiger partial charge in [0.25, 0.3) is 0 Å². The van der Waals surface area contributed by atoms with Crippen LogP contribution in [0.15, 0.2) is 30.3 Å². The molecule has 0 bridgehead atoms. The zero-order chi connectivity index (χ0) is 21.9. The van der Waals surface area contributed by atoms with Crippen LogP contribution in [0.1, 0.15) is 49.4 Å². The molecule has 0 radical (unpaired) electrons. The van der Waals surface area contributed by atoms with Crippen molar-refractivity contribution in [1.29, 1.82) is 0 Å². The second-order valence-corrected chi connectivity index (χ2v) is 9.41. The summed E-state index contributed by atoms with van der Waals surface area (Å²) in [7, 11) is 1.64. The van der Waals surface area contributed by atoms with Gasteiger partial charge in [0.2, 0.25) is 5.88 Å². The number of thiazole rings is 1. The van der Waals surface area contributed by atoms with E-state index in [4.69, 9.17) is 24.4 Å². The molecule has 0 aliphatic carbocycles. The minimum Gasteiger partial charge on any atom is -0.480 e. The van der Waals surface area contributed by atoms with Crippen molar-refractivity contribution in [3.63, 3.8) is 0 Å². The number of anilines is 1. The quantitative estimate of drug-likeness (QED) is 0.533. The number of ether oxygens (including phenoxy) is 2. The van der Waals surface area contributed by atoms with Gasteiger partial charge in [0.05, 0.1) is 13.2 Å². The van der Waals surface area contributed by atoms with Crippen molar-refractivity contribution in [3.05, 3.63) is 41.7 Å². The Balaban J connectivity index is 1.37. The highest BCUT2D eigenvalue weighted by molar-refractivity contribution is 7.22. The Morgan fingerprint density at radius 2 is 1.97 bits per heavy atom. The van der Waals surface area contributed by atoms with Gasteiger partial charge < -0.3 is 14.4 Å². The van der Waals surface area contributed by atoms with Crippen LogP contribution in [0, 0.1) is 0 Å². The first-order valence-corrected chi connectivity index (χ1v) is 12.2. The van der Waals surface area contributed by atoms with Gasteiger partial charge in [-0.25, -0.2) is 4.98 Å². The maximum Gasteiger partial charge on any atom is 0.236 e. The van der Waals surface area contributed by atoms with Gasteiger partial charge in [0, 0.05) is 32.1 Å². The van der Waals surface area contributed by atoms with Crippen molar-refractivity contribution in [2.45, 2.75) is 50.5 Å². The lowest BCUT2D eigenvalue weighted by molar-refractivity contribution is -0.120. The minimum atomic E-state index is -0.117. The molecule has 2 aromatic heterocycles. The van der Waals surface area contributed by atoms with Gasteiger partial charge in [0.1, 0.15) is 10.5 Å². The molecule has 0 spiro atoms. The number of Topliss-reactive ketones (excluding diaryl/α,β-unsaturated/α-hetero) is 1. The van der Waals surface area contributed by atoms with E-state index in [0.29, 0.717) is 17.9 Å². The molecule has 2 fully saturated rings. The summed E-state index contributed by atoms with van der Waals surface area (Å²) in [6.45, 7) is 2.30. The van der Waals surface area contributed by atoms with Crippen LogP contribution in [-0.4, -0.2) is 53.6 Å². The molecule has 0 amide bonds. The number of fused-ring (bicyclic) bond motifs is 1. The SMILES string of the molecule is COc1nc(C2CCOCC2)nc2nc(N3CCC[C@@H]3C(=O)CCc3ccccc3)sc12. The Bertz CT molecular complexity index is 1080. The van der Waals surface area contributed by atoms with E-state index >= 15 is 0 Å². The number of rotatable bonds is 7. The molecule has 2 saturated heterocycles. The van der Waals surface area contributed by atoms with Crippen molar-refractivity contribution in [2.24, 2.45) is 0 Å². The zero-order valence-electron chi connectivity index (χ0n) is 18.3. The van der Waals surface area contributed by atoms with Crippen LogP contribution in [0.2, 0.25) is 0 Å². The molecular weight excluding hydrogens is 424 g/mol. The Morgan fingerprint density at radius 3 is 2.75 bits per heavy atom. The van der Waals surface area contributed by atoms with Crippen molar-refractivity contribution < 1.29 is 14.3 Å². The molecule has 2 aliphatic heterocycles. The molecule has 1 atom stereocenters. The first kappa shape index (κ1) is 21.3. The van der Waals surface area contributed by atoms with Crippen LogP contribution in [0.4, 0.5) is 5.13 Å². The summed E-state index contributed by atoms with van der Waals surface area (Å²) in [5.74, 6) is 1.91. The van der Waals surface area contributed by atoms with E-state index in [1.54, 1.807) is 7.11 Å². The molecule has 0 unspecified atom stereocenters. The third-order valence-electron chi connectivity index (χ3n) is 6.38. The lowest BCUT2D eigenvalue weighted by atomic mass is 9.99. The average Bonchev–Trinajstić information content (AvgIpc) is 3.50. The monoisotopic (exact) mass is 452 g/mol. The fourth-order valence-corrected chi connectivity index (χ4v) is 5.66. The third-order valence-corrected chi connectivity index (χ3v) is 7.45. The van der Waals surface area contributed by atoms with Gasteiger partial charge in [0.15, 0.2) is 16.6 Å². The number of benzene rings is 1. The number of carbonyl (C=O) groups excluding carboxylic acids is 1. The number of hydrogen-bond acceptors (Lipinski definition) is 8. The Morgan fingerprint density at radius 1 is 1.16 bits per heavy atom. The van der Waals surface area contributed by atoms with Gasteiger partial charge in [-0.2, -0.15) is 9.97 Å². The summed E-state index contributed by atoms with van der Waals surface area (Å²) in [5.41, 5.74) is 1.87. The predicted octanol–water partition coefficient (Wildman–Crippen LogP) is 4.16. The molecule has 1 aromatic carbocycles. The molecule has 3 aromatic rings. The van der Waals surface area contributed by atoms with Gasteiger partial charge in [-0.05, 0) is 37.7 Å². The highest BCUT2D eigenvalue weighted by Gasteiger charge is 2.33. The van der Waals surface area contributed by atoms with Crippen LogP contribution < -0.4 is 9.64 Å². The molecular formula is C24H28N4O3S. The minimum absolute atomic E-state index is 0.117. The maximum absolute atomic E-state index is 13.1. The third kappa shape index (κ3) is 4.34. The number of methoxy groups -OCH3 is 1. The first-order valence-electron chi connectivity index (χ1n) is 11.4. The van der Waals surface area contributed by atoms with Crippen LogP contribution in [0.25, 0.3) is 10.3 Å². The lowest BCUT2D eigenvalue weighted by Gasteiger charge is -2.22. The molecule has 0 N–H and O–H groups in total. The van der Waals surface area contributed by atoms with Crippen LogP contribution in [-0.2, 0) is 16.0 Å². The summed E-state index contributed by atoms with van der Waals surface area (Å²) in [6.07, 6.45) is 5.02. The van der Waals surface area contributed by atoms with E-state index in [9.17, 15) is 4.79 Å². The lowest BCUT2D eigenvalue weighted by Crippen LogP contribution is -2.36. The first-order chi connectivity index (χ1) is 15.7. The molecule has 168 valence electrons. The number of ketones is 1. The second kappa shape index (κ2) is 9.50. The number of aryl methyl sites for hydroxylation is 1. The summed E-state index contributed by atoms with van der Waals surface area (Å²) in [5, 5.41) is 0.840. The average molecular weight is 453 g/mol. The molecule has 5 rings (SSSR count). The van der Waals surface area contributed by atoms with Gasteiger partial charge in [-0.15, -0.1) is 0 Å². The molecule has 4 heterocycles. The normalized spacial score (nSPS) is 19.5. The summed E-state index contributed by atoms with van der Waals surface area (Å²) < 4.78 is 11.9. The summed E-state index contributed by atoms with van der Waals surface area (Å²) in [6, 6.07) is 10.1. The van der Waals surface area contributed by atoms with Crippen molar-refractivity contribution >= 4 is 32.6 Å². The van der Waals surface area contributed by atoms with Gasteiger partial charge >= 0.3 is 0 Å². The van der Waals surface area contributed by atoms with E-state index < -0.39 is 0 Å². The van der Waals surface area contributed by atoms with E-state index in [0.717, 1.165) is 67.5 Å². The van der Waals surface area contributed by atoms with Crippen LogP contribution in [0.3, 0.4) is 0 Å². The summed E-state index contributed by atoms with van der Waals surface area (Å²) >= 11 is 1.52. The number of nitrogens with zero attached hydrogens (tertiary/aromatic N) is 4. The number of carbonyl (C=O) groups is 1. The van der Waals surface area contributed by atoms with E-state index in [1.807, 2.05) is 18.2 Å². The van der Waals surface area contributed by atoms with Gasteiger partial charge in [-0.3, -0.25) is 4.79 Å². The van der Waals surface area contributed by atoms with Crippen LogP contribution >= 0.6 is 11.3 Å². The molecule has 32 heavy (non-hydrogen) atoms. The topological polar surface area (TPSA) is 77.4 Å². The molecule has 7 nitrogen and oxygen atoms in total. The van der Waals surface area contributed by atoms with E-state index in [1.165, 1.54) is 16.9 Å². The smallest absolute Gasteiger partial charge is 0.236 e. The fourth-order valence-electron chi connectivity index (χ4n) is 4.61. The number of aromatic nitrogens is 3. The van der Waals surface area contributed by atoms with E-state index in [-0.39, 0.29) is 17.7 Å². The van der Waals surface area contributed by atoms with Crippen molar-refractivity contribution in [3.8, 4) is 5.88 Å². The van der Waals surface area contributed by atoms with Crippen molar-refractivity contribution in [1.82, 2.24) is 15.0 Å². The highest BCUT2D eigenvalue weighted by Crippen LogP contribution is 2.38. The van der Waals surface area contributed by atoms with E-state index in [2.05, 4.69) is 17.0 Å². The molecule has 0 saturated carbocycles. The molecule has 8 heteroatoms. The zero-order valence-corrected chi connectivity index (χ0v) is 19.1. The largest absolute Gasteiger partial charge is 0.480 e. The second-order valence-electron chi connectivity index (χ2n) is 8.43. The Hall–Kier alpha value is -2.58. The maximum atomic E-state index is 13.1. The fraction of sp³-hybridized carbons (Fsp3) is 0.500. The van der Waals surface area contributed by atoms with Crippen molar-refractivity contribution in [2.75, 3.05) is 31.8 Å². The highest BCUT2D eigenvalue weighted by atomic mass is 32.1. The Kier molecular flexibility index (Phi) is 6.32. The predicted molar refractivity (Wildman–Crippen MR) is 125 cm³/mol. The van der Waals surface area contributed by atoms with Gasteiger partial charge in [-0.1, -0.05) is 41.7 Å². The van der Waals surface area contributed by atoms with Crippen LogP contribution in [0.5, 0.6) is 5.88 Å². The summed E-state index contributed by atoms with van der Waals surface area (Å²) in [4.78, 5) is 29.6. The number of hydrogen-bond donors (Lipinski definition) is 0.